The minimum absolute atomic E-state index is 0.0244. The van der Waals surface area contributed by atoms with Crippen LogP contribution in [0.1, 0.15) is 37.7 Å². The summed E-state index contributed by atoms with van der Waals surface area (Å²) in [5, 5.41) is 0.571. The number of benzene rings is 1. The lowest BCUT2D eigenvalue weighted by Gasteiger charge is -1.97. The maximum absolute atomic E-state index is 13.1. The van der Waals surface area contributed by atoms with E-state index in [1.54, 1.807) is 12.1 Å². The molecule has 0 N–H and O–H groups in total. The molecular weight excluding hydrogens is 281 g/mol. The van der Waals surface area contributed by atoms with E-state index in [1.165, 1.54) is 26.2 Å². The van der Waals surface area contributed by atoms with Crippen molar-refractivity contribution in [3.8, 4) is 0 Å². The van der Waals surface area contributed by atoms with Crippen LogP contribution in [-0.4, -0.2) is 23.8 Å². The van der Waals surface area contributed by atoms with E-state index in [0.29, 0.717) is 11.4 Å². The molecule has 0 aliphatic carbocycles. The third-order valence-electron chi connectivity index (χ3n) is 2.61. The molecule has 0 aliphatic heterocycles. The van der Waals surface area contributed by atoms with E-state index >= 15 is 0 Å². The van der Waals surface area contributed by atoms with Gasteiger partial charge in [-0.2, -0.15) is 0 Å². The highest BCUT2D eigenvalue weighted by Crippen LogP contribution is 2.22. The van der Waals surface area contributed by atoms with Gasteiger partial charge in [-0.3, -0.25) is 4.79 Å². The van der Waals surface area contributed by atoms with Crippen LogP contribution >= 0.6 is 11.3 Å². The van der Waals surface area contributed by atoms with E-state index in [1.807, 2.05) is 0 Å². The predicted molar refractivity (Wildman–Crippen MR) is 72.7 cm³/mol. The predicted octanol–water partition coefficient (Wildman–Crippen LogP) is 2.86. The van der Waals surface area contributed by atoms with Crippen molar-refractivity contribution in [2.75, 3.05) is 7.11 Å². The van der Waals surface area contributed by atoms with Gasteiger partial charge in [-0.25, -0.2) is 14.2 Å². The Morgan fingerprint density at radius 3 is 2.75 bits per heavy atom. The molecule has 2 rings (SSSR count). The first-order valence-corrected chi connectivity index (χ1v) is 6.66. The van der Waals surface area contributed by atoms with Crippen LogP contribution in [0.3, 0.4) is 0 Å². The van der Waals surface area contributed by atoms with E-state index in [-0.39, 0.29) is 22.2 Å². The normalized spacial score (nSPS) is 10.3. The van der Waals surface area contributed by atoms with E-state index in [4.69, 9.17) is 0 Å². The molecule has 0 saturated carbocycles. The van der Waals surface area contributed by atoms with E-state index in [0.717, 1.165) is 16.9 Å². The largest absolute Gasteiger partial charge is 0.464 e. The number of nitrogens with zero attached hydrogens (tertiary/aromatic N) is 1. The van der Waals surface area contributed by atoms with Gasteiger partial charge in [0.2, 0.25) is 0 Å². The monoisotopic (exact) mass is 293 g/mol. The quantitative estimate of drug-likeness (QED) is 0.642. The lowest BCUT2D eigenvalue weighted by atomic mass is 10.1. The van der Waals surface area contributed by atoms with Crippen molar-refractivity contribution in [2.24, 2.45) is 0 Å². The lowest BCUT2D eigenvalue weighted by Crippen LogP contribution is -2.07. The SMILES string of the molecule is COC(=O)c1nc(Cc2cccc(F)c2)sc1C(C)=O. The van der Waals surface area contributed by atoms with Crippen LogP contribution in [0.4, 0.5) is 4.39 Å². The second kappa shape index (κ2) is 5.92. The molecule has 20 heavy (non-hydrogen) atoms. The molecule has 0 radical (unpaired) electrons. The molecule has 0 bridgehead atoms. The minimum Gasteiger partial charge on any atom is -0.464 e. The number of hydrogen-bond donors (Lipinski definition) is 0. The summed E-state index contributed by atoms with van der Waals surface area (Å²) < 4.78 is 17.7. The Morgan fingerprint density at radius 1 is 1.40 bits per heavy atom. The van der Waals surface area contributed by atoms with Gasteiger partial charge in [0.15, 0.2) is 11.5 Å². The standard InChI is InChI=1S/C14H12FNO3S/c1-8(17)13-12(14(18)19-2)16-11(20-13)7-9-4-3-5-10(15)6-9/h3-6H,7H2,1-2H3. The molecule has 104 valence electrons. The van der Waals surface area contributed by atoms with Gasteiger partial charge < -0.3 is 4.74 Å². The van der Waals surface area contributed by atoms with Crippen molar-refractivity contribution >= 4 is 23.1 Å². The zero-order chi connectivity index (χ0) is 14.7. The highest BCUT2D eigenvalue weighted by atomic mass is 32.1. The van der Waals surface area contributed by atoms with Crippen molar-refractivity contribution in [3.05, 3.63) is 51.2 Å². The van der Waals surface area contributed by atoms with Crippen LogP contribution in [0.2, 0.25) is 0 Å². The number of hydrogen-bond acceptors (Lipinski definition) is 5. The van der Waals surface area contributed by atoms with Crippen molar-refractivity contribution in [2.45, 2.75) is 13.3 Å². The molecule has 4 nitrogen and oxygen atoms in total. The molecule has 0 aliphatic rings. The van der Waals surface area contributed by atoms with Crippen LogP contribution in [-0.2, 0) is 11.2 Å². The molecule has 0 unspecified atom stereocenters. The highest BCUT2D eigenvalue weighted by Gasteiger charge is 2.21. The van der Waals surface area contributed by atoms with Gasteiger partial charge in [-0.1, -0.05) is 12.1 Å². The number of aromatic nitrogens is 1. The maximum atomic E-state index is 13.1. The van der Waals surface area contributed by atoms with Gasteiger partial charge in [0, 0.05) is 13.3 Å². The van der Waals surface area contributed by atoms with E-state index < -0.39 is 5.97 Å². The summed E-state index contributed by atoms with van der Waals surface area (Å²) in [6.07, 6.45) is 0.361. The van der Waals surface area contributed by atoms with Crippen LogP contribution in [0.5, 0.6) is 0 Å². The van der Waals surface area contributed by atoms with Gasteiger partial charge in [-0.05, 0) is 17.7 Å². The Morgan fingerprint density at radius 2 is 2.15 bits per heavy atom. The zero-order valence-corrected chi connectivity index (χ0v) is 11.8. The molecule has 0 atom stereocenters. The van der Waals surface area contributed by atoms with Gasteiger partial charge in [0.25, 0.3) is 0 Å². The fourth-order valence-electron chi connectivity index (χ4n) is 1.74. The molecular formula is C14H12FNO3S. The van der Waals surface area contributed by atoms with Gasteiger partial charge in [-0.15, -0.1) is 11.3 Å². The number of carbonyl (C=O) groups is 2. The second-order valence-corrected chi connectivity index (χ2v) is 5.22. The number of methoxy groups -OCH3 is 1. The van der Waals surface area contributed by atoms with Crippen molar-refractivity contribution < 1.29 is 18.7 Å². The summed E-state index contributed by atoms with van der Waals surface area (Å²) in [6.45, 7) is 1.37. The number of ketones is 1. The molecule has 1 heterocycles. The third-order valence-corrected chi connectivity index (χ3v) is 3.77. The van der Waals surface area contributed by atoms with Crippen molar-refractivity contribution in [3.63, 3.8) is 0 Å². The first-order valence-electron chi connectivity index (χ1n) is 5.84. The first-order chi connectivity index (χ1) is 9.51. The topological polar surface area (TPSA) is 56.3 Å². The Bertz CT molecular complexity index is 666. The van der Waals surface area contributed by atoms with Crippen molar-refractivity contribution in [1.29, 1.82) is 0 Å². The summed E-state index contributed by atoms with van der Waals surface area (Å²) in [7, 11) is 1.23. The Labute approximate surface area is 119 Å². The van der Waals surface area contributed by atoms with Crippen LogP contribution in [0, 0.1) is 5.82 Å². The third kappa shape index (κ3) is 3.08. The Balaban J connectivity index is 2.34. The molecule has 0 fully saturated rings. The summed E-state index contributed by atoms with van der Waals surface area (Å²) in [6, 6.07) is 6.11. The summed E-state index contributed by atoms with van der Waals surface area (Å²) in [5.74, 6) is -1.22. The average Bonchev–Trinajstić information content (AvgIpc) is 2.82. The molecule has 0 spiro atoms. The van der Waals surface area contributed by atoms with E-state index in [2.05, 4.69) is 9.72 Å². The number of esters is 1. The fraction of sp³-hybridized carbons (Fsp3) is 0.214. The highest BCUT2D eigenvalue weighted by molar-refractivity contribution is 7.14. The van der Waals surface area contributed by atoms with E-state index in [9.17, 15) is 14.0 Å². The number of halogens is 1. The van der Waals surface area contributed by atoms with Gasteiger partial charge in [0.1, 0.15) is 10.7 Å². The molecule has 0 saturated heterocycles. The molecule has 6 heteroatoms. The average molecular weight is 293 g/mol. The van der Waals surface area contributed by atoms with Gasteiger partial charge in [0.05, 0.1) is 12.1 Å². The number of carbonyl (C=O) groups excluding carboxylic acids is 2. The zero-order valence-electron chi connectivity index (χ0n) is 11.0. The molecule has 1 aromatic carbocycles. The van der Waals surface area contributed by atoms with Crippen LogP contribution in [0.15, 0.2) is 24.3 Å². The Hall–Kier alpha value is -2.08. The summed E-state index contributed by atoms with van der Waals surface area (Å²) in [5.41, 5.74) is 0.752. The van der Waals surface area contributed by atoms with Crippen LogP contribution < -0.4 is 0 Å². The number of Topliss-reactive ketones (excluding diaryl/α,β-unsaturated/α-hetero) is 1. The molecule has 0 amide bonds. The number of rotatable bonds is 4. The first kappa shape index (κ1) is 14.3. The number of ether oxygens (including phenoxy) is 1. The lowest BCUT2D eigenvalue weighted by molar-refractivity contribution is 0.0591. The smallest absolute Gasteiger partial charge is 0.358 e. The Kier molecular flexibility index (Phi) is 4.24. The summed E-state index contributed by atoms with van der Waals surface area (Å²) >= 11 is 1.13. The van der Waals surface area contributed by atoms with Gasteiger partial charge >= 0.3 is 5.97 Å². The number of thiazole rings is 1. The van der Waals surface area contributed by atoms with Crippen LogP contribution in [0.25, 0.3) is 0 Å². The molecule has 1 aromatic heterocycles. The summed E-state index contributed by atoms with van der Waals surface area (Å²) in [4.78, 5) is 27.5. The maximum Gasteiger partial charge on any atom is 0.358 e. The minimum atomic E-state index is -0.642. The molecule has 2 aromatic rings. The fourth-order valence-corrected chi connectivity index (χ4v) is 2.72. The second-order valence-electron chi connectivity index (χ2n) is 4.14. The van der Waals surface area contributed by atoms with Crippen molar-refractivity contribution in [1.82, 2.24) is 4.98 Å².